The van der Waals surface area contributed by atoms with Crippen LogP contribution in [0.2, 0.25) is 0 Å². The van der Waals surface area contributed by atoms with E-state index in [0.717, 1.165) is 67.1 Å². The van der Waals surface area contributed by atoms with E-state index in [0.29, 0.717) is 5.82 Å². The fraction of sp³-hybridized carbons (Fsp3) is 0. The van der Waals surface area contributed by atoms with E-state index in [1.165, 1.54) is 33.0 Å². The maximum Gasteiger partial charge on any atom is 0.160 e. The summed E-state index contributed by atoms with van der Waals surface area (Å²) in [4.78, 5) is 10.6. The lowest BCUT2D eigenvalue weighted by atomic mass is 9.92. The maximum absolute atomic E-state index is 5.32. The molecule has 0 saturated heterocycles. The van der Waals surface area contributed by atoms with Gasteiger partial charge in [0, 0.05) is 38.6 Å². The van der Waals surface area contributed by atoms with E-state index < -0.39 is 0 Å². The predicted octanol–water partition coefficient (Wildman–Crippen LogP) is 15.2. The molecule has 0 radical (unpaired) electrons. The van der Waals surface area contributed by atoms with E-state index in [-0.39, 0.29) is 0 Å². The van der Waals surface area contributed by atoms with E-state index in [9.17, 15) is 0 Å². The largest absolute Gasteiger partial charge is 0.308 e. The van der Waals surface area contributed by atoms with Gasteiger partial charge in [0.1, 0.15) is 0 Å². The van der Waals surface area contributed by atoms with Crippen molar-refractivity contribution in [3.63, 3.8) is 0 Å². The summed E-state index contributed by atoms with van der Waals surface area (Å²) in [7, 11) is 0. The summed E-state index contributed by atoms with van der Waals surface area (Å²) in [5.41, 5.74) is 17.3. The molecule has 0 aliphatic heterocycles. The normalized spacial score (nSPS) is 11.3. The van der Waals surface area contributed by atoms with E-state index in [2.05, 4.69) is 229 Å². The Morgan fingerprint density at radius 2 is 0.607 bits per heavy atom. The molecule has 11 aromatic rings. The predicted molar refractivity (Wildman–Crippen MR) is 254 cm³/mol. The van der Waals surface area contributed by atoms with Crippen LogP contribution in [0.25, 0.3) is 106 Å². The fourth-order valence-corrected chi connectivity index (χ4v) is 8.65. The molecule has 0 N–H and O–H groups in total. The molecule has 0 bridgehead atoms. The molecule has 2 aromatic heterocycles. The molecule has 3 heteroatoms. The molecule has 0 aliphatic carbocycles. The third-order valence-corrected chi connectivity index (χ3v) is 11.6. The smallest absolute Gasteiger partial charge is 0.160 e. The number of aromatic nitrogens is 3. The third-order valence-electron chi connectivity index (χ3n) is 11.6. The molecular weight excluding hydrogens is 739 g/mol. The van der Waals surface area contributed by atoms with Crippen molar-refractivity contribution in [1.82, 2.24) is 14.5 Å². The first-order valence-electron chi connectivity index (χ1n) is 20.7. The Kier molecular flexibility index (Phi) is 9.18. The molecule has 0 aliphatic rings. The standard InChI is InChI=1S/C58H39N3/c1-7-19-40(20-8-1)46-31-33-55-51(35-46)52-36-47(41-21-9-2-10-22-41)32-34-56(52)61(55)57-49(42-23-11-3-12-24-42)37-48(38-50(57)43-25-13-4-14-26-43)58-59-53(44-27-15-5-16-28-44)39-54(60-58)45-29-17-6-18-30-45/h1-39H. The van der Waals surface area contributed by atoms with E-state index >= 15 is 0 Å². The second kappa shape index (κ2) is 15.6. The number of hydrogen-bond donors (Lipinski definition) is 0. The number of benzene rings is 9. The summed E-state index contributed by atoms with van der Waals surface area (Å²) in [5, 5.41) is 2.39. The van der Waals surface area contributed by atoms with Crippen LogP contribution >= 0.6 is 0 Å². The summed E-state index contributed by atoms with van der Waals surface area (Å²) >= 11 is 0. The fourth-order valence-electron chi connectivity index (χ4n) is 8.65. The van der Waals surface area contributed by atoms with Gasteiger partial charge >= 0.3 is 0 Å². The number of rotatable bonds is 8. The van der Waals surface area contributed by atoms with Crippen LogP contribution in [0.3, 0.4) is 0 Å². The first-order chi connectivity index (χ1) is 30.2. The Morgan fingerprint density at radius 3 is 0.984 bits per heavy atom. The van der Waals surface area contributed by atoms with Crippen molar-refractivity contribution in [2.75, 3.05) is 0 Å². The van der Waals surface area contributed by atoms with Gasteiger partial charge in [-0.2, -0.15) is 0 Å². The van der Waals surface area contributed by atoms with Gasteiger partial charge in [0.05, 0.1) is 28.1 Å². The first kappa shape index (κ1) is 36.0. The highest BCUT2D eigenvalue weighted by Crippen LogP contribution is 2.45. The lowest BCUT2D eigenvalue weighted by molar-refractivity contribution is 1.17. The lowest BCUT2D eigenvalue weighted by Crippen LogP contribution is -2.03. The highest BCUT2D eigenvalue weighted by molar-refractivity contribution is 6.13. The molecule has 0 spiro atoms. The summed E-state index contributed by atoms with van der Waals surface area (Å²) in [6.07, 6.45) is 0. The van der Waals surface area contributed by atoms with E-state index in [1.807, 2.05) is 12.1 Å². The molecule has 0 amide bonds. The van der Waals surface area contributed by atoms with Crippen molar-refractivity contribution in [1.29, 1.82) is 0 Å². The molecule has 0 saturated carbocycles. The lowest BCUT2D eigenvalue weighted by Gasteiger charge is -2.21. The van der Waals surface area contributed by atoms with Crippen molar-refractivity contribution >= 4 is 21.8 Å². The summed E-state index contributed by atoms with van der Waals surface area (Å²) in [6.45, 7) is 0. The molecule has 0 fully saturated rings. The molecule has 9 aromatic carbocycles. The van der Waals surface area contributed by atoms with Crippen LogP contribution in [-0.4, -0.2) is 14.5 Å². The van der Waals surface area contributed by atoms with Gasteiger partial charge in [-0.15, -0.1) is 0 Å². The first-order valence-corrected chi connectivity index (χ1v) is 20.7. The van der Waals surface area contributed by atoms with E-state index in [1.54, 1.807) is 0 Å². The molecule has 2 heterocycles. The minimum Gasteiger partial charge on any atom is -0.308 e. The van der Waals surface area contributed by atoms with Gasteiger partial charge in [0.25, 0.3) is 0 Å². The van der Waals surface area contributed by atoms with Crippen LogP contribution in [0.4, 0.5) is 0 Å². The van der Waals surface area contributed by atoms with Gasteiger partial charge in [-0.3, -0.25) is 0 Å². The van der Waals surface area contributed by atoms with Crippen molar-refractivity contribution in [3.8, 4) is 84.1 Å². The minimum absolute atomic E-state index is 0.670. The topological polar surface area (TPSA) is 30.7 Å². The molecule has 0 unspecified atom stereocenters. The van der Waals surface area contributed by atoms with Gasteiger partial charge in [-0.1, -0.05) is 194 Å². The molecule has 11 rings (SSSR count). The number of hydrogen-bond acceptors (Lipinski definition) is 2. The average molecular weight is 778 g/mol. The summed E-state index contributed by atoms with van der Waals surface area (Å²) < 4.78 is 2.49. The van der Waals surface area contributed by atoms with Crippen molar-refractivity contribution < 1.29 is 0 Å². The molecule has 61 heavy (non-hydrogen) atoms. The Hall–Kier alpha value is -8.14. The molecule has 3 nitrogen and oxygen atoms in total. The summed E-state index contributed by atoms with van der Waals surface area (Å²) in [5.74, 6) is 0.670. The maximum atomic E-state index is 5.32. The van der Waals surface area contributed by atoms with Crippen LogP contribution in [0, 0.1) is 0 Å². The van der Waals surface area contributed by atoms with Crippen LogP contribution in [0.5, 0.6) is 0 Å². The number of fused-ring (bicyclic) bond motifs is 3. The third kappa shape index (κ3) is 6.78. The average Bonchev–Trinajstić information content (AvgIpc) is 3.67. The van der Waals surface area contributed by atoms with Gasteiger partial charge in [0.2, 0.25) is 0 Å². The van der Waals surface area contributed by atoms with Crippen LogP contribution in [0.1, 0.15) is 0 Å². The van der Waals surface area contributed by atoms with Gasteiger partial charge in [-0.25, -0.2) is 9.97 Å². The zero-order chi connectivity index (χ0) is 40.5. The molecular formula is C58H39N3. The van der Waals surface area contributed by atoms with Crippen molar-refractivity contribution in [3.05, 3.63) is 237 Å². The van der Waals surface area contributed by atoms with Gasteiger partial charge < -0.3 is 4.57 Å². The van der Waals surface area contributed by atoms with Gasteiger partial charge in [-0.05, 0) is 75.8 Å². The highest BCUT2D eigenvalue weighted by atomic mass is 15.0. The monoisotopic (exact) mass is 777 g/mol. The number of nitrogens with zero attached hydrogens (tertiary/aromatic N) is 3. The summed E-state index contributed by atoms with van der Waals surface area (Å²) in [6, 6.07) is 84.2. The second-order valence-electron chi connectivity index (χ2n) is 15.4. The van der Waals surface area contributed by atoms with Crippen molar-refractivity contribution in [2.45, 2.75) is 0 Å². The van der Waals surface area contributed by atoms with Crippen molar-refractivity contribution in [2.24, 2.45) is 0 Å². The zero-order valence-electron chi connectivity index (χ0n) is 33.4. The molecule has 0 atom stereocenters. The second-order valence-corrected chi connectivity index (χ2v) is 15.4. The Balaban J connectivity index is 1.24. The minimum atomic E-state index is 0.670. The zero-order valence-corrected chi connectivity index (χ0v) is 33.4. The van der Waals surface area contributed by atoms with Crippen LogP contribution in [-0.2, 0) is 0 Å². The van der Waals surface area contributed by atoms with Crippen LogP contribution < -0.4 is 0 Å². The Labute approximate surface area is 355 Å². The quantitative estimate of drug-likeness (QED) is 0.154. The SMILES string of the molecule is c1ccc(-c2ccc3c(c2)c2cc(-c4ccccc4)ccc2n3-c2c(-c3ccccc3)cc(-c3nc(-c4ccccc4)cc(-c4ccccc4)n3)cc2-c2ccccc2)cc1. The highest BCUT2D eigenvalue weighted by Gasteiger charge is 2.23. The Bertz CT molecular complexity index is 3090. The van der Waals surface area contributed by atoms with E-state index in [4.69, 9.17) is 9.97 Å². The Morgan fingerprint density at radius 1 is 0.262 bits per heavy atom. The van der Waals surface area contributed by atoms with Gasteiger partial charge in [0.15, 0.2) is 5.82 Å². The molecule has 286 valence electrons. The van der Waals surface area contributed by atoms with Crippen LogP contribution in [0.15, 0.2) is 237 Å².